The lowest BCUT2D eigenvalue weighted by molar-refractivity contribution is -0.130. The summed E-state index contributed by atoms with van der Waals surface area (Å²) in [6.07, 6.45) is 5.06. The van der Waals surface area contributed by atoms with Crippen LogP contribution in [0.1, 0.15) is 37.7 Å². The van der Waals surface area contributed by atoms with Gasteiger partial charge in [-0.1, -0.05) is 18.6 Å². The number of hydrogen-bond donors (Lipinski definition) is 1. The normalized spacial score (nSPS) is 21.7. The first-order valence-electron chi connectivity index (χ1n) is 6.28. The van der Waals surface area contributed by atoms with E-state index in [1.807, 2.05) is 0 Å². The first-order chi connectivity index (χ1) is 8.21. The topological polar surface area (TPSA) is 29.1 Å². The Morgan fingerprint density at radius 3 is 2.35 bits per heavy atom. The summed E-state index contributed by atoms with van der Waals surface area (Å²) in [5.74, 6) is -0.108. The van der Waals surface area contributed by atoms with E-state index >= 15 is 0 Å². The highest BCUT2D eigenvalue weighted by molar-refractivity contribution is 5.89. The van der Waals surface area contributed by atoms with Crippen molar-refractivity contribution in [3.05, 3.63) is 35.6 Å². The molecular formula is C14H16FNO. The van der Waals surface area contributed by atoms with Crippen LogP contribution in [0.25, 0.3) is 0 Å². The second kappa shape index (κ2) is 3.83. The maximum Gasteiger partial charge on any atom is 0.230 e. The monoisotopic (exact) mass is 233 g/mol. The summed E-state index contributed by atoms with van der Waals surface area (Å²) in [5.41, 5.74) is 0.583. The molecule has 90 valence electrons. The van der Waals surface area contributed by atoms with Crippen LogP contribution in [0.5, 0.6) is 0 Å². The molecule has 2 aliphatic rings. The predicted octanol–water partition coefficient (Wildman–Crippen LogP) is 2.53. The van der Waals surface area contributed by atoms with Gasteiger partial charge in [-0.05, 0) is 43.4 Å². The standard InChI is InChI=1S/C14H16FNO/c15-11-4-2-10(3-5-11)14(8-1-9-14)13(17)16-12-6-7-12/h2-5,12H,1,6-9H2,(H,16,17). The van der Waals surface area contributed by atoms with Crippen molar-refractivity contribution >= 4 is 5.91 Å². The molecule has 1 aromatic rings. The van der Waals surface area contributed by atoms with Crippen LogP contribution >= 0.6 is 0 Å². The quantitative estimate of drug-likeness (QED) is 0.854. The lowest BCUT2D eigenvalue weighted by Gasteiger charge is -2.40. The van der Waals surface area contributed by atoms with Crippen LogP contribution in [0, 0.1) is 5.82 Å². The first kappa shape index (κ1) is 10.8. The lowest BCUT2D eigenvalue weighted by Crippen LogP contribution is -2.49. The fraction of sp³-hybridized carbons (Fsp3) is 0.500. The van der Waals surface area contributed by atoms with Gasteiger partial charge in [-0.3, -0.25) is 4.79 Å². The van der Waals surface area contributed by atoms with E-state index in [9.17, 15) is 9.18 Å². The lowest BCUT2D eigenvalue weighted by atomic mass is 9.64. The van der Waals surface area contributed by atoms with Crippen molar-refractivity contribution in [2.75, 3.05) is 0 Å². The van der Waals surface area contributed by atoms with Gasteiger partial charge >= 0.3 is 0 Å². The molecule has 0 spiro atoms. The molecule has 2 aliphatic carbocycles. The average Bonchev–Trinajstić information content (AvgIpc) is 3.03. The number of carbonyl (C=O) groups excluding carboxylic acids is 1. The maximum atomic E-state index is 12.9. The molecule has 2 fully saturated rings. The van der Waals surface area contributed by atoms with Gasteiger partial charge in [0.15, 0.2) is 0 Å². The Kier molecular flexibility index (Phi) is 2.42. The molecule has 0 aromatic heterocycles. The molecule has 1 amide bonds. The van der Waals surface area contributed by atoms with Crippen LogP contribution in [0.3, 0.4) is 0 Å². The molecule has 0 heterocycles. The van der Waals surface area contributed by atoms with Gasteiger partial charge in [0.2, 0.25) is 5.91 Å². The fourth-order valence-corrected chi connectivity index (χ4v) is 2.50. The van der Waals surface area contributed by atoms with Crippen LogP contribution in [-0.2, 0) is 10.2 Å². The SMILES string of the molecule is O=C(NC1CC1)C1(c2ccc(F)cc2)CCC1. The van der Waals surface area contributed by atoms with E-state index in [1.165, 1.54) is 12.1 Å². The number of hydrogen-bond acceptors (Lipinski definition) is 1. The number of benzene rings is 1. The second-order valence-electron chi connectivity index (χ2n) is 5.19. The van der Waals surface area contributed by atoms with E-state index in [4.69, 9.17) is 0 Å². The van der Waals surface area contributed by atoms with Gasteiger partial charge in [-0.2, -0.15) is 0 Å². The predicted molar refractivity (Wildman–Crippen MR) is 63.1 cm³/mol. The summed E-state index contributed by atoms with van der Waals surface area (Å²) in [7, 11) is 0. The second-order valence-corrected chi connectivity index (χ2v) is 5.19. The Morgan fingerprint density at radius 2 is 1.88 bits per heavy atom. The third-order valence-electron chi connectivity index (χ3n) is 3.95. The molecule has 0 aliphatic heterocycles. The van der Waals surface area contributed by atoms with Crippen molar-refractivity contribution in [3.63, 3.8) is 0 Å². The van der Waals surface area contributed by atoms with E-state index in [2.05, 4.69) is 5.32 Å². The molecule has 0 bridgehead atoms. The molecular weight excluding hydrogens is 217 g/mol. The minimum Gasteiger partial charge on any atom is -0.353 e. The summed E-state index contributed by atoms with van der Waals surface area (Å²) in [6.45, 7) is 0. The van der Waals surface area contributed by atoms with Gasteiger partial charge in [0, 0.05) is 6.04 Å². The van der Waals surface area contributed by atoms with Gasteiger partial charge in [-0.25, -0.2) is 4.39 Å². The van der Waals surface area contributed by atoms with E-state index < -0.39 is 0 Å². The minimum absolute atomic E-state index is 0.137. The molecule has 0 saturated heterocycles. The molecule has 0 radical (unpaired) electrons. The molecule has 1 N–H and O–H groups in total. The van der Waals surface area contributed by atoms with E-state index in [1.54, 1.807) is 12.1 Å². The number of amides is 1. The zero-order chi connectivity index (χ0) is 11.9. The Balaban J connectivity index is 1.85. The Hall–Kier alpha value is -1.38. The molecule has 2 nitrogen and oxygen atoms in total. The Morgan fingerprint density at radius 1 is 1.24 bits per heavy atom. The number of nitrogens with one attached hydrogen (secondary N) is 1. The van der Waals surface area contributed by atoms with Crippen LogP contribution < -0.4 is 5.32 Å². The summed E-state index contributed by atoms with van der Waals surface area (Å²) < 4.78 is 12.9. The van der Waals surface area contributed by atoms with Crippen molar-refractivity contribution in [1.82, 2.24) is 5.32 Å². The van der Waals surface area contributed by atoms with E-state index in [0.29, 0.717) is 6.04 Å². The minimum atomic E-state index is -0.379. The Labute approximate surface area is 100 Å². The zero-order valence-electron chi connectivity index (χ0n) is 9.71. The van der Waals surface area contributed by atoms with Gasteiger partial charge in [0.25, 0.3) is 0 Å². The molecule has 0 unspecified atom stereocenters. The van der Waals surface area contributed by atoms with Crippen LogP contribution in [-0.4, -0.2) is 11.9 Å². The van der Waals surface area contributed by atoms with E-state index in [-0.39, 0.29) is 17.1 Å². The van der Waals surface area contributed by atoms with Crippen molar-refractivity contribution in [2.45, 2.75) is 43.6 Å². The summed E-state index contributed by atoms with van der Waals surface area (Å²) >= 11 is 0. The van der Waals surface area contributed by atoms with Crippen molar-refractivity contribution in [2.24, 2.45) is 0 Å². The third-order valence-corrected chi connectivity index (χ3v) is 3.95. The maximum absolute atomic E-state index is 12.9. The Bertz CT molecular complexity index is 432. The van der Waals surface area contributed by atoms with Crippen molar-refractivity contribution in [1.29, 1.82) is 0 Å². The van der Waals surface area contributed by atoms with Crippen LogP contribution in [0.2, 0.25) is 0 Å². The number of rotatable bonds is 3. The van der Waals surface area contributed by atoms with Crippen LogP contribution in [0.15, 0.2) is 24.3 Å². The van der Waals surface area contributed by atoms with E-state index in [0.717, 1.165) is 37.7 Å². The van der Waals surface area contributed by atoms with Gasteiger partial charge in [-0.15, -0.1) is 0 Å². The van der Waals surface area contributed by atoms with Gasteiger partial charge in [0.1, 0.15) is 5.82 Å². The number of carbonyl (C=O) groups is 1. The fourth-order valence-electron chi connectivity index (χ4n) is 2.50. The summed E-state index contributed by atoms with van der Waals surface area (Å²) in [4.78, 5) is 12.3. The molecule has 17 heavy (non-hydrogen) atoms. The molecule has 0 atom stereocenters. The van der Waals surface area contributed by atoms with Crippen LogP contribution in [0.4, 0.5) is 4.39 Å². The first-order valence-corrected chi connectivity index (χ1v) is 6.28. The zero-order valence-corrected chi connectivity index (χ0v) is 9.71. The molecule has 1 aromatic carbocycles. The molecule has 3 heteroatoms. The van der Waals surface area contributed by atoms with Crippen molar-refractivity contribution < 1.29 is 9.18 Å². The van der Waals surface area contributed by atoms with Crippen molar-refractivity contribution in [3.8, 4) is 0 Å². The molecule has 2 saturated carbocycles. The molecule has 3 rings (SSSR count). The highest BCUT2D eigenvalue weighted by atomic mass is 19.1. The summed E-state index contributed by atoms with van der Waals surface area (Å²) in [6, 6.07) is 6.78. The number of halogens is 1. The van der Waals surface area contributed by atoms with Gasteiger partial charge in [0.05, 0.1) is 5.41 Å². The largest absolute Gasteiger partial charge is 0.353 e. The van der Waals surface area contributed by atoms with Gasteiger partial charge < -0.3 is 5.32 Å². The smallest absolute Gasteiger partial charge is 0.230 e. The summed E-state index contributed by atoms with van der Waals surface area (Å²) in [5, 5.41) is 3.08. The average molecular weight is 233 g/mol. The third kappa shape index (κ3) is 1.84. The highest BCUT2D eigenvalue weighted by Crippen LogP contribution is 2.44. The highest BCUT2D eigenvalue weighted by Gasteiger charge is 2.46.